The van der Waals surface area contributed by atoms with Crippen LogP contribution in [0.5, 0.6) is 5.75 Å². The summed E-state index contributed by atoms with van der Waals surface area (Å²) < 4.78 is 29.7. The minimum atomic E-state index is -0.634. The zero-order chi connectivity index (χ0) is 20.6. The van der Waals surface area contributed by atoms with Crippen molar-refractivity contribution in [2.24, 2.45) is 0 Å². The number of rotatable bonds is 8. The Morgan fingerprint density at radius 1 is 1.21 bits per heavy atom. The number of nitrogens with one attached hydrogen (secondary N) is 3. The van der Waals surface area contributed by atoms with Crippen LogP contribution >= 0.6 is 0 Å². The van der Waals surface area contributed by atoms with E-state index in [-0.39, 0.29) is 23.9 Å². The lowest BCUT2D eigenvalue weighted by atomic mass is 10.2. The monoisotopic (exact) mass is 401 g/mol. The summed E-state index contributed by atoms with van der Waals surface area (Å²) in [7, 11) is 1.52. The smallest absolute Gasteiger partial charge is 0.325 e. The molecule has 0 saturated heterocycles. The molecular weight excluding hydrogens is 381 g/mol. The zero-order valence-corrected chi connectivity index (χ0v) is 15.9. The van der Waals surface area contributed by atoms with Crippen molar-refractivity contribution in [1.82, 2.24) is 10.1 Å². The molecule has 3 rings (SSSR count). The molecular formula is C19H20FN5O4. The summed E-state index contributed by atoms with van der Waals surface area (Å²) in [6, 6.07) is 7.09. The summed E-state index contributed by atoms with van der Waals surface area (Å²) >= 11 is 0. The third-order valence-electron chi connectivity index (χ3n) is 3.68. The number of ether oxygens (including phenoxy) is 2. The Morgan fingerprint density at radius 3 is 2.76 bits per heavy atom. The first-order valence-corrected chi connectivity index (χ1v) is 8.69. The predicted octanol–water partition coefficient (Wildman–Crippen LogP) is 3.93. The molecule has 0 atom stereocenters. The third-order valence-corrected chi connectivity index (χ3v) is 3.68. The van der Waals surface area contributed by atoms with Crippen molar-refractivity contribution in [3.63, 3.8) is 0 Å². The van der Waals surface area contributed by atoms with Gasteiger partial charge in [-0.25, -0.2) is 9.18 Å². The maximum atomic E-state index is 14.5. The number of hydrogen-bond acceptors (Lipinski definition) is 7. The van der Waals surface area contributed by atoms with Crippen LogP contribution < -0.4 is 20.7 Å². The fourth-order valence-electron chi connectivity index (χ4n) is 2.39. The zero-order valence-electron chi connectivity index (χ0n) is 15.9. The standard InChI is InChI=1S/C19H20FN5O4/c1-12-8-18(25-29-12)24-19(26)23-15-9-14(20)17(28-7-6-27-2)10-16(15)22-13-4-3-5-21-11-13/h3-5,8-11,22H,6-7H2,1-2H3,(H2,23,24,25,26). The van der Waals surface area contributed by atoms with Gasteiger partial charge in [0.15, 0.2) is 17.4 Å². The number of pyridine rings is 1. The number of benzene rings is 1. The van der Waals surface area contributed by atoms with Gasteiger partial charge in [-0.15, -0.1) is 0 Å². The summed E-state index contributed by atoms with van der Waals surface area (Å²) in [5.74, 6) is 0.168. The first kappa shape index (κ1) is 20.1. The molecule has 152 valence electrons. The van der Waals surface area contributed by atoms with Gasteiger partial charge in [0.25, 0.3) is 0 Å². The molecule has 0 radical (unpaired) electrons. The predicted molar refractivity (Wildman–Crippen MR) is 105 cm³/mol. The highest BCUT2D eigenvalue weighted by atomic mass is 19.1. The average Bonchev–Trinajstić information content (AvgIpc) is 3.10. The Bertz CT molecular complexity index is 964. The van der Waals surface area contributed by atoms with Gasteiger partial charge in [-0.1, -0.05) is 5.16 Å². The van der Waals surface area contributed by atoms with E-state index in [9.17, 15) is 9.18 Å². The molecule has 3 N–H and O–H groups in total. The van der Waals surface area contributed by atoms with Crippen molar-refractivity contribution in [3.8, 4) is 5.75 Å². The molecule has 0 aliphatic carbocycles. The van der Waals surface area contributed by atoms with E-state index in [0.717, 1.165) is 6.07 Å². The molecule has 0 aliphatic rings. The van der Waals surface area contributed by atoms with E-state index in [1.807, 2.05) is 0 Å². The molecule has 2 amide bonds. The molecule has 29 heavy (non-hydrogen) atoms. The van der Waals surface area contributed by atoms with Gasteiger partial charge < -0.3 is 24.6 Å². The van der Waals surface area contributed by atoms with Gasteiger partial charge in [0, 0.05) is 31.5 Å². The Kier molecular flexibility index (Phi) is 6.59. The minimum absolute atomic E-state index is 0.0199. The van der Waals surface area contributed by atoms with Gasteiger partial charge in [0.2, 0.25) is 0 Å². The van der Waals surface area contributed by atoms with E-state index in [0.29, 0.717) is 23.7 Å². The molecule has 0 aliphatic heterocycles. The number of amides is 2. The Hall–Kier alpha value is -3.66. The van der Waals surface area contributed by atoms with Gasteiger partial charge in [0.05, 0.1) is 29.9 Å². The minimum Gasteiger partial charge on any atom is -0.488 e. The normalized spacial score (nSPS) is 10.4. The lowest BCUT2D eigenvalue weighted by molar-refractivity contribution is 0.144. The average molecular weight is 401 g/mol. The van der Waals surface area contributed by atoms with E-state index in [1.165, 1.54) is 13.2 Å². The number of aryl methyl sites for hydroxylation is 1. The second-order valence-corrected chi connectivity index (χ2v) is 5.94. The summed E-state index contributed by atoms with van der Waals surface area (Å²) in [4.78, 5) is 16.3. The SMILES string of the molecule is COCCOc1cc(Nc2cccnc2)c(NC(=O)Nc2cc(C)on2)cc1F. The van der Waals surface area contributed by atoms with Crippen LogP contribution in [0.4, 0.5) is 32.1 Å². The van der Waals surface area contributed by atoms with Gasteiger partial charge in [-0.3, -0.25) is 10.3 Å². The maximum absolute atomic E-state index is 14.5. The van der Waals surface area contributed by atoms with Crippen LogP contribution in [0, 0.1) is 12.7 Å². The molecule has 2 heterocycles. The second-order valence-electron chi connectivity index (χ2n) is 5.94. The molecule has 3 aromatic rings. The van der Waals surface area contributed by atoms with Crippen LogP contribution in [0.3, 0.4) is 0 Å². The van der Waals surface area contributed by atoms with Crippen molar-refractivity contribution < 1.29 is 23.2 Å². The van der Waals surface area contributed by atoms with E-state index < -0.39 is 11.8 Å². The summed E-state index contributed by atoms with van der Waals surface area (Å²) in [6.07, 6.45) is 3.22. The van der Waals surface area contributed by atoms with Gasteiger partial charge >= 0.3 is 6.03 Å². The Balaban J connectivity index is 1.82. The number of nitrogens with zero attached hydrogens (tertiary/aromatic N) is 2. The van der Waals surface area contributed by atoms with Crippen molar-refractivity contribution in [2.45, 2.75) is 6.92 Å². The number of methoxy groups -OCH3 is 1. The fraction of sp³-hybridized carbons (Fsp3) is 0.211. The first-order chi connectivity index (χ1) is 14.0. The number of anilines is 4. The molecule has 0 saturated carbocycles. The van der Waals surface area contributed by atoms with Crippen LogP contribution in [-0.4, -0.2) is 36.5 Å². The maximum Gasteiger partial charge on any atom is 0.325 e. The number of aromatic nitrogens is 2. The molecule has 0 bridgehead atoms. The van der Waals surface area contributed by atoms with Crippen LogP contribution in [0.2, 0.25) is 0 Å². The molecule has 0 spiro atoms. The molecule has 1 aromatic carbocycles. The van der Waals surface area contributed by atoms with Crippen molar-refractivity contribution >= 4 is 28.9 Å². The molecule has 0 unspecified atom stereocenters. The number of halogens is 1. The Labute approximate surface area is 166 Å². The van der Waals surface area contributed by atoms with E-state index in [2.05, 4.69) is 26.1 Å². The molecule has 10 heteroatoms. The summed E-state index contributed by atoms with van der Waals surface area (Å²) in [5, 5.41) is 11.9. The quantitative estimate of drug-likeness (QED) is 0.491. The molecule has 9 nitrogen and oxygen atoms in total. The van der Waals surface area contributed by atoms with Crippen LogP contribution in [0.15, 0.2) is 47.2 Å². The molecule has 2 aromatic heterocycles. The highest BCUT2D eigenvalue weighted by molar-refractivity contribution is 6.01. The van der Waals surface area contributed by atoms with Gasteiger partial charge in [0.1, 0.15) is 12.4 Å². The first-order valence-electron chi connectivity index (χ1n) is 8.69. The van der Waals surface area contributed by atoms with Crippen molar-refractivity contribution in [2.75, 3.05) is 36.3 Å². The van der Waals surface area contributed by atoms with Gasteiger partial charge in [-0.2, -0.15) is 0 Å². The summed E-state index contributed by atoms with van der Waals surface area (Å²) in [5.41, 5.74) is 1.26. The Morgan fingerprint density at radius 2 is 2.07 bits per heavy atom. The highest BCUT2D eigenvalue weighted by Gasteiger charge is 2.15. The lowest BCUT2D eigenvalue weighted by Gasteiger charge is -2.16. The van der Waals surface area contributed by atoms with Crippen molar-refractivity contribution in [1.29, 1.82) is 0 Å². The number of carbonyl (C=O) groups excluding carboxylic acids is 1. The van der Waals surface area contributed by atoms with Crippen LogP contribution in [0.25, 0.3) is 0 Å². The van der Waals surface area contributed by atoms with E-state index in [4.69, 9.17) is 14.0 Å². The number of carbonyl (C=O) groups is 1. The van der Waals surface area contributed by atoms with Crippen LogP contribution in [-0.2, 0) is 4.74 Å². The largest absolute Gasteiger partial charge is 0.488 e. The van der Waals surface area contributed by atoms with Crippen LogP contribution in [0.1, 0.15) is 5.76 Å². The molecule has 0 fully saturated rings. The topological polar surface area (TPSA) is 111 Å². The van der Waals surface area contributed by atoms with E-state index >= 15 is 0 Å². The number of urea groups is 1. The van der Waals surface area contributed by atoms with Gasteiger partial charge in [-0.05, 0) is 19.1 Å². The van der Waals surface area contributed by atoms with E-state index in [1.54, 1.807) is 37.5 Å². The second kappa shape index (κ2) is 9.51. The summed E-state index contributed by atoms with van der Waals surface area (Å²) in [6.45, 7) is 2.19. The van der Waals surface area contributed by atoms with Crippen molar-refractivity contribution in [3.05, 3.63) is 54.3 Å². The highest BCUT2D eigenvalue weighted by Crippen LogP contribution is 2.32. The lowest BCUT2D eigenvalue weighted by Crippen LogP contribution is -2.20. The fourth-order valence-corrected chi connectivity index (χ4v) is 2.39. The third kappa shape index (κ3) is 5.66. The number of hydrogen-bond donors (Lipinski definition) is 3.